The smallest absolute Gasteiger partial charge is 0.306 e. The summed E-state index contributed by atoms with van der Waals surface area (Å²) in [6.07, 6.45) is 0.451. The maximum Gasteiger partial charge on any atom is 0.306 e. The van der Waals surface area contributed by atoms with Gasteiger partial charge >= 0.3 is 5.97 Å². The van der Waals surface area contributed by atoms with E-state index in [4.69, 9.17) is 18.7 Å². The molecule has 0 fully saturated rings. The Kier molecular flexibility index (Phi) is 6.12. The summed E-state index contributed by atoms with van der Waals surface area (Å²) in [5, 5.41) is 6.18. The van der Waals surface area contributed by atoms with Crippen LogP contribution in [0, 0.1) is 0 Å². The number of fused-ring (bicyclic) bond motifs is 1. The first kappa shape index (κ1) is 20.4. The Bertz CT molecular complexity index is 1200. The molecule has 4 rings (SSSR count). The molecule has 158 valence electrons. The van der Waals surface area contributed by atoms with E-state index < -0.39 is 0 Å². The molecule has 3 aromatic carbocycles. The fourth-order valence-electron chi connectivity index (χ4n) is 3.31. The zero-order valence-electron chi connectivity index (χ0n) is 17.3. The SMILES string of the molecule is COc1ccc(-c2noc(CCC(=O)OCc3cccc4ccccc34)n2)cc1OC. The number of nitrogens with zero attached hydrogens (tertiary/aromatic N) is 2. The van der Waals surface area contributed by atoms with Crippen LogP contribution < -0.4 is 9.47 Å². The number of rotatable bonds is 8. The molecule has 0 saturated heterocycles. The summed E-state index contributed by atoms with van der Waals surface area (Å²) >= 11 is 0. The summed E-state index contributed by atoms with van der Waals surface area (Å²) in [6, 6.07) is 19.3. The third kappa shape index (κ3) is 4.66. The molecule has 0 spiro atoms. The molecule has 0 saturated carbocycles. The maximum atomic E-state index is 12.2. The molecule has 7 nitrogen and oxygen atoms in total. The van der Waals surface area contributed by atoms with Gasteiger partial charge in [-0.15, -0.1) is 0 Å². The van der Waals surface area contributed by atoms with Crippen molar-refractivity contribution in [3.63, 3.8) is 0 Å². The van der Waals surface area contributed by atoms with Crippen molar-refractivity contribution < 1.29 is 23.5 Å². The number of benzene rings is 3. The van der Waals surface area contributed by atoms with Gasteiger partial charge in [-0.05, 0) is 34.5 Å². The molecule has 0 aliphatic rings. The third-order valence-corrected chi connectivity index (χ3v) is 4.92. The average Bonchev–Trinajstić information content (AvgIpc) is 3.30. The Hall–Kier alpha value is -3.87. The summed E-state index contributed by atoms with van der Waals surface area (Å²) in [5.41, 5.74) is 1.70. The van der Waals surface area contributed by atoms with Gasteiger partial charge in [-0.25, -0.2) is 0 Å². The van der Waals surface area contributed by atoms with Gasteiger partial charge in [0.15, 0.2) is 11.5 Å². The van der Waals surface area contributed by atoms with Crippen LogP contribution >= 0.6 is 0 Å². The number of esters is 1. The lowest BCUT2D eigenvalue weighted by atomic mass is 10.1. The lowest BCUT2D eigenvalue weighted by molar-refractivity contribution is -0.144. The number of carbonyl (C=O) groups excluding carboxylic acids is 1. The number of aromatic nitrogens is 2. The molecule has 0 N–H and O–H groups in total. The zero-order valence-corrected chi connectivity index (χ0v) is 17.3. The molecule has 0 radical (unpaired) electrons. The summed E-state index contributed by atoms with van der Waals surface area (Å²) in [6.45, 7) is 0.223. The number of methoxy groups -OCH3 is 2. The molecule has 0 bridgehead atoms. The standard InChI is InChI=1S/C24H22N2O5/c1-28-20-11-10-17(14-21(20)29-2)24-25-22(31-26-24)12-13-23(27)30-15-18-8-5-7-16-6-3-4-9-19(16)18/h3-11,14H,12-13,15H2,1-2H3. The highest BCUT2D eigenvalue weighted by atomic mass is 16.5. The lowest BCUT2D eigenvalue weighted by Crippen LogP contribution is -2.06. The number of carbonyl (C=O) groups is 1. The minimum Gasteiger partial charge on any atom is -0.493 e. The lowest BCUT2D eigenvalue weighted by Gasteiger charge is -2.07. The van der Waals surface area contributed by atoms with Gasteiger partial charge in [0.25, 0.3) is 0 Å². The number of hydrogen-bond acceptors (Lipinski definition) is 7. The second kappa shape index (κ2) is 9.30. The van der Waals surface area contributed by atoms with E-state index in [2.05, 4.69) is 10.1 Å². The van der Waals surface area contributed by atoms with E-state index in [-0.39, 0.29) is 19.0 Å². The van der Waals surface area contributed by atoms with Gasteiger partial charge in [-0.2, -0.15) is 4.98 Å². The molecular weight excluding hydrogens is 396 g/mol. The van der Waals surface area contributed by atoms with Gasteiger partial charge in [0.1, 0.15) is 6.61 Å². The normalized spacial score (nSPS) is 10.8. The Labute approximate surface area is 179 Å². The topological polar surface area (TPSA) is 83.7 Å². The molecule has 0 aliphatic carbocycles. The Balaban J connectivity index is 1.35. The van der Waals surface area contributed by atoms with Crippen LogP contribution in [-0.4, -0.2) is 30.3 Å². The second-order valence-electron chi connectivity index (χ2n) is 6.88. The molecule has 0 aliphatic heterocycles. The van der Waals surface area contributed by atoms with Gasteiger partial charge in [0.05, 0.1) is 20.6 Å². The van der Waals surface area contributed by atoms with Crippen molar-refractivity contribution in [3.8, 4) is 22.9 Å². The maximum absolute atomic E-state index is 12.2. The fourth-order valence-corrected chi connectivity index (χ4v) is 3.31. The van der Waals surface area contributed by atoms with E-state index in [1.54, 1.807) is 26.4 Å². The van der Waals surface area contributed by atoms with Crippen LogP contribution in [0.1, 0.15) is 17.9 Å². The fraction of sp³-hybridized carbons (Fsp3) is 0.208. The van der Waals surface area contributed by atoms with Crippen molar-refractivity contribution in [1.82, 2.24) is 10.1 Å². The van der Waals surface area contributed by atoms with Gasteiger partial charge in [-0.1, -0.05) is 47.6 Å². The first-order chi connectivity index (χ1) is 15.2. The molecule has 1 aromatic heterocycles. The Morgan fingerprint density at radius 3 is 2.61 bits per heavy atom. The predicted molar refractivity (Wildman–Crippen MR) is 115 cm³/mol. The van der Waals surface area contributed by atoms with E-state index in [0.717, 1.165) is 21.9 Å². The Morgan fingerprint density at radius 1 is 0.968 bits per heavy atom. The van der Waals surface area contributed by atoms with Crippen molar-refractivity contribution in [2.75, 3.05) is 14.2 Å². The highest BCUT2D eigenvalue weighted by Crippen LogP contribution is 2.31. The van der Waals surface area contributed by atoms with Gasteiger partial charge < -0.3 is 18.7 Å². The number of aryl methyl sites for hydroxylation is 1. The minimum absolute atomic E-state index is 0.151. The van der Waals surface area contributed by atoms with E-state index >= 15 is 0 Å². The summed E-state index contributed by atoms with van der Waals surface area (Å²) in [5.74, 6) is 1.65. The second-order valence-corrected chi connectivity index (χ2v) is 6.88. The largest absolute Gasteiger partial charge is 0.493 e. The van der Waals surface area contributed by atoms with Crippen LogP contribution in [0.25, 0.3) is 22.2 Å². The summed E-state index contributed by atoms with van der Waals surface area (Å²) in [4.78, 5) is 16.6. The van der Waals surface area contributed by atoms with Crippen LogP contribution in [0.2, 0.25) is 0 Å². The predicted octanol–water partition coefficient (Wildman–Crippen LogP) is 4.58. The zero-order chi connectivity index (χ0) is 21.6. The van der Waals surface area contributed by atoms with E-state index in [0.29, 0.717) is 29.6 Å². The molecule has 1 heterocycles. The molecular formula is C24H22N2O5. The van der Waals surface area contributed by atoms with Gasteiger partial charge in [0, 0.05) is 12.0 Å². The first-order valence-corrected chi connectivity index (χ1v) is 9.85. The quantitative estimate of drug-likeness (QED) is 0.387. The number of hydrogen-bond donors (Lipinski definition) is 0. The Morgan fingerprint density at radius 2 is 1.77 bits per heavy atom. The monoisotopic (exact) mass is 418 g/mol. The summed E-state index contributed by atoms with van der Waals surface area (Å²) in [7, 11) is 3.14. The van der Waals surface area contributed by atoms with Crippen LogP contribution in [-0.2, 0) is 22.6 Å². The van der Waals surface area contributed by atoms with Gasteiger partial charge in [0.2, 0.25) is 11.7 Å². The third-order valence-electron chi connectivity index (χ3n) is 4.92. The van der Waals surface area contributed by atoms with Crippen molar-refractivity contribution in [1.29, 1.82) is 0 Å². The van der Waals surface area contributed by atoms with Crippen LogP contribution in [0.15, 0.2) is 65.2 Å². The first-order valence-electron chi connectivity index (χ1n) is 9.85. The molecule has 7 heteroatoms. The van der Waals surface area contributed by atoms with E-state index in [1.807, 2.05) is 48.5 Å². The van der Waals surface area contributed by atoms with E-state index in [1.165, 1.54) is 0 Å². The van der Waals surface area contributed by atoms with E-state index in [9.17, 15) is 4.79 Å². The highest BCUT2D eigenvalue weighted by molar-refractivity contribution is 5.85. The molecule has 0 atom stereocenters. The van der Waals surface area contributed by atoms with Crippen molar-refractivity contribution in [2.24, 2.45) is 0 Å². The van der Waals surface area contributed by atoms with Crippen molar-refractivity contribution >= 4 is 16.7 Å². The average molecular weight is 418 g/mol. The van der Waals surface area contributed by atoms with Crippen LogP contribution in [0.3, 0.4) is 0 Å². The van der Waals surface area contributed by atoms with Crippen molar-refractivity contribution in [2.45, 2.75) is 19.4 Å². The molecule has 0 unspecified atom stereocenters. The molecule has 31 heavy (non-hydrogen) atoms. The summed E-state index contributed by atoms with van der Waals surface area (Å²) < 4.78 is 21.3. The molecule has 0 amide bonds. The van der Waals surface area contributed by atoms with Crippen molar-refractivity contribution in [3.05, 3.63) is 72.1 Å². The number of ether oxygens (including phenoxy) is 3. The van der Waals surface area contributed by atoms with Crippen LogP contribution in [0.5, 0.6) is 11.5 Å². The minimum atomic E-state index is -0.321. The van der Waals surface area contributed by atoms with Crippen LogP contribution in [0.4, 0.5) is 0 Å². The molecule has 4 aromatic rings. The van der Waals surface area contributed by atoms with Gasteiger partial charge in [-0.3, -0.25) is 4.79 Å². The highest BCUT2D eigenvalue weighted by Gasteiger charge is 2.14.